The minimum Gasteiger partial charge on any atom is -0.469 e. The first-order valence-electron chi connectivity index (χ1n) is 7.55. The number of carbonyl (C=O) groups excluding carboxylic acids is 2. The van der Waals surface area contributed by atoms with Crippen molar-refractivity contribution >= 4 is 23.5 Å². The molecule has 1 aromatic heterocycles. The Labute approximate surface area is 141 Å². The third-order valence-electron chi connectivity index (χ3n) is 5.35. The van der Waals surface area contributed by atoms with Crippen LogP contribution in [0.5, 0.6) is 0 Å². The smallest absolute Gasteiger partial charge is 0.309 e. The van der Waals surface area contributed by atoms with Gasteiger partial charge in [0.2, 0.25) is 5.91 Å². The second kappa shape index (κ2) is 6.43. The summed E-state index contributed by atoms with van der Waals surface area (Å²) in [6.07, 6.45) is 4.28. The fourth-order valence-corrected chi connectivity index (χ4v) is 3.46. The summed E-state index contributed by atoms with van der Waals surface area (Å²) in [4.78, 5) is 32.8. The van der Waals surface area contributed by atoms with Crippen LogP contribution in [0, 0.1) is 16.7 Å². The summed E-state index contributed by atoms with van der Waals surface area (Å²) in [5.41, 5.74) is -0.650. The Morgan fingerprint density at radius 2 is 2.00 bits per heavy atom. The van der Waals surface area contributed by atoms with Crippen LogP contribution in [-0.2, 0) is 20.9 Å². The zero-order valence-electron chi connectivity index (χ0n) is 13.9. The summed E-state index contributed by atoms with van der Waals surface area (Å²) in [7, 11) is 1.38. The summed E-state index contributed by atoms with van der Waals surface area (Å²) in [5.74, 6) is -0.664. The molecule has 1 N–H and O–H groups in total. The summed E-state index contributed by atoms with van der Waals surface area (Å²) >= 11 is 5.96. The molecule has 0 aliphatic heterocycles. The Kier molecular flexibility index (Phi) is 4.94. The van der Waals surface area contributed by atoms with Gasteiger partial charge in [0.25, 0.3) is 0 Å². The molecule has 1 aliphatic carbocycles. The summed E-state index contributed by atoms with van der Waals surface area (Å²) in [5, 5.41) is 3.15. The lowest BCUT2D eigenvalue weighted by Crippen LogP contribution is -2.48. The normalized spacial score (nSPS) is 25.9. The Balaban J connectivity index is 2.12. The van der Waals surface area contributed by atoms with Crippen molar-refractivity contribution < 1.29 is 14.3 Å². The van der Waals surface area contributed by atoms with Crippen molar-refractivity contribution in [2.75, 3.05) is 7.11 Å². The number of ether oxygens (including phenoxy) is 1. The van der Waals surface area contributed by atoms with Gasteiger partial charge in [0.05, 0.1) is 30.7 Å². The van der Waals surface area contributed by atoms with Crippen molar-refractivity contribution in [3.05, 3.63) is 23.2 Å². The quantitative estimate of drug-likeness (QED) is 0.852. The van der Waals surface area contributed by atoms with E-state index in [1.54, 1.807) is 0 Å². The zero-order chi connectivity index (χ0) is 17.3. The fraction of sp³-hybridized carbons (Fsp3) is 0.625. The van der Waals surface area contributed by atoms with Gasteiger partial charge >= 0.3 is 5.97 Å². The monoisotopic (exact) mass is 339 g/mol. The number of esters is 1. The number of rotatable bonds is 4. The maximum atomic E-state index is 12.8. The van der Waals surface area contributed by atoms with Crippen LogP contribution in [0.25, 0.3) is 0 Å². The van der Waals surface area contributed by atoms with Crippen molar-refractivity contribution in [1.82, 2.24) is 15.3 Å². The number of halogens is 1. The Morgan fingerprint density at radius 3 is 2.61 bits per heavy atom. The molecule has 0 aromatic carbocycles. The van der Waals surface area contributed by atoms with Crippen LogP contribution in [0.15, 0.2) is 12.4 Å². The minimum atomic E-state index is -0.666. The van der Waals surface area contributed by atoms with Gasteiger partial charge in [-0.05, 0) is 18.3 Å². The molecule has 6 nitrogen and oxygen atoms in total. The minimum absolute atomic E-state index is 0.115. The highest BCUT2D eigenvalue weighted by molar-refractivity contribution is 6.29. The summed E-state index contributed by atoms with van der Waals surface area (Å²) in [6.45, 7) is 5.98. The molecule has 2 atom stereocenters. The SMILES string of the molecule is COC(=O)[C@H]1CC[C@@](C)(C(=O)NCc2nccnc2Cl)C1(C)C. The van der Waals surface area contributed by atoms with E-state index >= 15 is 0 Å². The highest BCUT2D eigenvalue weighted by atomic mass is 35.5. The molecular formula is C16H22ClN3O3. The predicted molar refractivity (Wildman–Crippen MR) is 85.5 cm³/mol. The van der Waals surface area contributed by atoms with Crippen molar-refractivity contribution in [2.24, 2.45) is 16.7 Å². The van der Waals surface area contributed by atoms with E-state index in [4.69, 9.17) is 16.3 Å². The molecule has 0 saturated heterocycles. The third-order valence-corrected chi connectivity index (χ3v) is 5.67. The second-order valence-electron chi connectivity index (χ2n) is 6.64. The molecule has 1 fully saturated rings. The van der Waals surface area contributed by atoms with Crippen molar-refractivity contribution in [1.29, 1.82) is 0 Å². The standard InChI is InChI=1S/C16H22ClN3O3/c1-15(2)10(13(21)23-4)5-6-16(15,3)14(22)20-9-11-12(17)19-8-7-18-11/h7-8,10H,5-6,9H2,1-4H3,(H,20,22)/t10-,16+/m1/s1. The first-order valence-corrected chi connectivity index (χ1v) is 7.93. The summed E-state index contributed by atoms with van der Waals surface area (Å²) in [6, 6.07) is 0. The van der Waals surface area contributed by atoms with E-state index in [0.29, 0.717) is 18.5 Å². The van der Waals surface area contributed by atoms with Crippen LogP contribution in [-0.4, -0.2) is 29.0 Å². The molecular weight excluding hydrogens is 318 g/mol. The lowest BCUT2D eigenvalue weighted by Gasteiger charge is -2.39. The van der Waals surface area contributed by atoms with Gasteiger partial charge in [0, 0.05) is 12.4 Å². The molecule has 0 radical (unpaired) electrons. The molecule has 1 saturated carbocycles. The fourth-order valence-electron chi connectivity index (χ4n) is 3.29. The number of nitrogens with zero attached hydrogens (tertiary/aromatic N) is 2. The van der Waals surface area contributed by atoms with E-state index in [0.717, 1.165) is 0 Å². The van der Waals surface area contributed by atoms with Crippen LogP contribution < -0.4 is 5.32 Å². The van der Waals surface area contributed by atoms with E-state index in [9.17, 15) is 9.59 Å². The average molecular weight is 340 g/mol. The largest absolute Gasteiger partial charge is 0.469 e. The molecule has 0 bridgehead atoms. The van der Waals surface area contributed by atoms with E-state index in [1.165, 1.54) is 19.5 Å². The van der Waals surface area contributed by atoms with Crippen LogP contribution >= 0.6 is 11.6 Å². The highest BCUT2D eigenvalue weighted by Crippen LogP contribution is 2.56. The van der Waals surface area contributed by atoms with E-state index < -0.39 is 10.8 Å². The van der Waals surface area contributed by atoms with Gasteiger partial charge in [0.15, 0.2) is 5.15 Å². The van der Waals surface area contributed by atoms with Crippen LogP contribution in [0.4, 0.5) is 0 Å². The Hall–Kier alpha value is -1.69. The van der Waals surface area contributed by atoms with E-state index in [1.807, 2.05) is 20.8 Å². The van der Waals surface area contributed by atoms with Crippen LogP contribution in [0.3, 0.4) is 0 Å². The van der Waals surface area contributed by atoms with Gasteiger partial charge in [-0.25, -0.2) is 4.98 Å². The third kappa shape index (κ3) is 3.04. The summed E-state index contributed by atoms with van der Waals surface area (Å²) < 4.78 is 4.88. The first-order chi connectivity index (χ1) is 10.7. The predicted octanol–water partition coefficient (Wildman–Crippen LogP) is 2.36. The number of nitrogens with one attached hydrogen (secondary N) is 1. The maximum absolute atomic E-state index is 12.8. The maximum Gasteiger partial charge on any atom is 0.309 e. The highest BCUT2D eigenvalue weighted by Gasteiger charge is 2.58. The van der Waals surface area contributed by atoms with Crippen molar-refractivity contribution in [2.45, 2.75) is 40.2 Å². The topological polar surface area (TPSA) is 81.2 Å². The van der Waals surface area contributed by atoms with Crippen molar-refractivity contribution in [3.63, 3.8) is 0 Å². The second-order valence-corrected chi connectivity index (χ2v) is 7.00. The first kappa shape index (κ1) is 17.7. The molecule has 1 heterocycles. The van der Waals surface area contributed by atoms with Gasteiger partial charge < -0.3 is 10.1 Å². The number of aromatic nitrogens is 2. The van der Waals surface area contributed by atoms with Crippen molar-refractivity contribution in [3.8, 4) is 0 Å². The molecule has 1 amide bonds. The van der Waals surface area contributed by atoms with E-state index in [-0.39, 0.29) is 29.5 Å². The lowest BCUT2D eigenvalue weighted by atomic mass is 9.65. The average Bonchev–Trinajstić information content (AvgIpc) is 2.76. The van der Waals surface area contributed by atoms with Crippen LogP contribution in [0.2, 0.25) is 5.15 Å². The number of carbonyl (C=O) groups is 2. The van der Waals surface area contributed by atoms with Gasteiger partial charge in [-0.15, -0.1) is 0 Å². The Morgan fingerprint density at radius 1 is 1.35 bits per heavy atom. The molecule has 23 heavy (non-hydrogen) atoms. The number of methoxy groups -OCH3 is 1. The molecule has 0 spiro atoms. The molecule has 7 heteroatoms. The molecule has 1 aliphatic rings. The van der Waals surface area contributed by atoms with Gasteiger partial charge in [-0.1, -0.05) is 32.4 Å². The van der Waals surface area contributed by atoms with Gasteiger partial charge in [-0.2, -0.15) is 0 Å². The molecule has 126 valence electrons. The number of hydrogen-bond donors (Lipinski definition) is 1. The lowest BCUT2D eigenvalue weighted by molar-refractivity contribution is -0.152. The molecule has 1 aromatic rings. The number of hydrogen-bond acceptors (Lipinski definition) is 5. The van der Waals surface area contributed by atoms with E-state index in [2.05, 4.69) is 15.3 Å². The Bertz CT molecular complexity index is 620. The molecule has 0 unspecified atom stereocenters. The number of amides is 1. The molecule has 2 rings (SSSR count). The van der Waals surface area contributed by atoms with Gasteiger partial charge in [-0.3, -0.25) is 14.6 Å². The van der Waals surface area contributed by atoms with Gasteiger partial charge in [0.1, 0.15) is 0 Å². The zero-order valence-corrected chi connectivity index (χ0v) is 14.6. The van der Waals surface area contributed by atoms with Crippen LogP contribution in [0.1, 0.15) is 39.3 Å².